The summed E-state index contributed by atoms with van der Waals surface area (Å²) in [6.45, 7) is 5.44. The molecule has 0 saturated heterocycles. The highest BCUT2D eigenvalue weighted by Gasteiger charge is 2.25. The third kappa shape index (κ3) is 2.26. The summed E-state index contributed by atoms with van der Waals surface area (Å²) >= 11 is 0. The molecule has 1 aliphatic heterocycles. The van der Waals surface area contributed by atoms with Gasteiger partial charge in [0, 0.05) is 25.0 Å². The van der Waals surface area contributed by atoms with E-state index < -0.39 is 5.97 Å². The number of ether oxygens (including phenoxy) is 1. The molecule has 6 heteroatoms. The average Bonchev–Trinajstić information content (AvgIpc) is 2.93. The molecule has 0 spiro atoms. The number of fused-ring (bicyclic) bond motifs is 1. The smallest absolute Gasteiger partial charge is 0.343 e. The van der Waals surface area contributed by atoms with E-state index in [4.69, 9.17) is 10.1 Å². The number of hydrogen-bond donors (Lipinski definition) is 1. The monoisotopic (exact) mass is 298 g/mol. The minimum Gasteiger partial charge on any atom is -0.462 e. The van der Waals surface area contributed by atoms with Crippen LogP contribution < -0.4 is 10.4 Å². The first-order valence-electron chi connectivity index (χ1n) is 7.28. The van der Waals surface area contributed by atoms with Crippen LogP contribution in [0, 0.1) is 12.3 Å². The fourth-order valence-electron chi connectivity index (χ4n) is 2.68. The lowest BCUT2D eigenvalue weighted by atomic mass is 10.2. The Morgan fingerprint density at radius 2 is 2.14 bits per heavy atom. The number of carbonyl (C=O) groups excluding carboxylic acids is 1. The Bertz CT molecular complexity index is 782. The van der Waals surface area contributed by atoms with Gasteiger partial charge in [-0.15, -0.1) is 0 Å². The molecule has 1 aromatic carbocycles. The third-order valence-electron chi connectivity index (χ3n) is 3.77. The van der Waals surface area contributed by atoms with E-state index in [-0.39, 0.29) is 17.7 Å². The molecule has 0 aliphatic carbocycles. The van der Waals surface area contributed by atoms with Crippen LogP contribution in [-0.2, 0) is 11.3 Å². The SMILES string of the molecule is CCOC(=O)c1cnc2n(c1=N)CCN2c1ccccc1C. The van der Waals surface area contributed by atoms with E-state index in [0.29, 0.717) is 12.5 Å². The number of nitrogens with zero attached hydrogens (tertiary/aromatic N) is 3. The summed E-state index contributed by atoms with van der Waals surface area (Å²) < 4.78 is 6.72. The van der Waals surface area contributed by atoms with Crippen LogP contribution in [0.4, 0.5) is 11.6 Å². The van der Waals surface area contributed by atoms with E-state index in [0.717, 1.165) is 17.8 Å². The minimum absolute atomic E-state index is 0.152. The maximum absolute atomic E-state index is 11.9. The van der Waals surface area contributed by atoms with Crippen molar-refractivity contribution >= 4 is 17.6 Å². The van der Waals surface area contributed by atoms with E-state index in [2.05, 4.69) is 9.88 Å². The van der Waals surface area contributed by atoms with Gasteiger partial charge in [-0.1, -0.05) is 18.2 Å². The molecule has 2 heterocycles. The molecule has 22 heavy (non-hydrogen) atoms. The number of benzene rings is 1. The molecule has 6 nitrogen and oxygen atoms in total. The highest BCUT2D eigenvalue weighted by molar-refractivity contribution is 5.88. The number of anilines is 2. The van der Waals surface area contributed by atoms with Gasteiger partial charge in [0.1, 0.15) is 11.1 Å². The van der Waals surface area contributed by atoms with Gasteiger partial charge in [-0.05, 0) is 25.5 Å². The van der Waals surface area contributed by atoms with Crippen molar-refractivity contribution in [2.45, 2.75) is 20.4 Å². The summed E-state index contributed by atoms with van der Waals surface area (Å²) in [6.07, 6.45) is 1.43. The van der Waals surface area contributed by atoms with Gasteiger partial charge in [0.15, 0.2) is 0 Å². The van der Waals surface area contributed by atoms with Crippen LogP contribution in [0.1, 0.15) is 22.8 Å². The maximum Gasteiger partial charge on any atom is 0.343 e. The molecule has 1 aliphatic rings. The van der Waals surface area contributed by atoms with Crippen LogP contribution in [0.25, 0.3) is 0 Å². The zero-order valence-electron chi connectivity index (χ0n) is 12.7. The van der Waals surface area contributed by atoms with Crippen molar-refractivity contribution in [1.82, 2.24) is 9.55 Å². The summed E-state index contributed by atoms with van der Waals surface area (Å²) in [7, 11) is 0. The van der Waals surface area contributed by atoms with Gasteiger partial charge in [0.2, 0.25) is 5.95 Å². The van der Waals surface area contributed by atoms with Crippen LogP contribution >= 0.6 is 0 Å². The number of rotatable bonds is 3. The van der Waals surface area contributed by atoms with Crippen molar-refractivity contribution in [3.05, 3.63) is 47.1 Å². The molecule has 3 rings (SSSR count). The predicted octanol–water partition coefficient (Wildman–Crippen LogP) is 2.00. The standard InChI is InChI=1S/C16H18N4O2/c1-3-22-15(21)12-10-18-16-19(8-9-20(16)14(12)17)13-7-5-4-6-11(13)2/h4-7,10,17H,3,8-9H2,1-2H3. The first-order chi connectivity index (χ1) is 10.6. The second kappa shape index (κ2) is 5.63. The maximum atomic E-state index is 11.9. The Labute approximate surface area is 128 Å². The van der Waals surface area contributed by atoms with Crippen molar-refractivity contribution in [1.29, 1.82) is 5.41 Å². The molecule has 0 saturated carbocycles. The van der Waals surface area contributed by atoms with E-state index in [1.54, 1.807) is 11.5 Å². The Morgan fingerprint density at radius 1 is 1.36 bits per heavy atom. The summed E-state index contributed by atoms with van der Waals surface area (Å²) in [5.41, 5.74) is 2.58. The normalized spacial score (nSPS) is 13.1. The van der Waals surface area contributed by atoms with E-state index in [9.17, 15) is 4.79 Å². The molecular weight excluding hydrogens is 280 g/mol. The Morgan fingerprint density at radius 3 is 2.86 bits per heavy atom. The number of aromatic nitrogens is 2. The van der Waals surface area contributed by atoms with Gasteiger partial charge in [-0.3, -0.25) is 9.98 Å². The molecule has 0 fully saturated rings. The second-order valence-electron chi connectivity index (χ2n) is 5.13. The van der Waals surface area contributed by atoms with Crippen LogP contribution in [0.15, 0.2) is 30.5 Å². The molecule has 0 radical (unpaired) electrons. The zero-order chi connectivity index (χ0) is 15.7. The first kappa shape index (κ1) is 14.3. The molecule has 0 amide bonds. The number of para-hydroxylation sites is 1. The van der Waals surface area contributed by atoms with Crippen LogP contribution in [0.3, 0.4) is 0 Å². The molecule has 114 valence electrons. The number of carbonyl (C=O) groups is 1. The minimum atomic E-state index is -0.496. The Balaban J connectivity index is 2.04. The van der Waals surface area contributed by atoms with Crippen molar-refractivity contribution in [2.24, 2.45) is 0 Å². The van der Waals surface area contributed by atoms with E-state index in [1.165, 1.54) is 6.20 Å². The fourth-order valence-corrected chi connectivity index (χ4v) is 2.68. The predicted molar refractivity (Wildman–Crippen MR) is 82.2 cm³/mol. The third-order valence-corrected chi connectivity index (χ3v) is 3.77. The van der Waals surface area contributed by atoms with Crippen molar-refractivity contribution in [2.75, 3.05) is 18.1 Å². The molecular formula is C16H18N4O2. The number of nitrogens with one attached hydrogen (secondary N) is 1. The van der Waals surface area contributed by atoms with Gasteiger partial charge in [-0.25, -0.2) is 9.78 Å². The Hall–Kier alpha value is -2.63. The van der Waals surface area contributed by atoms with E-state index in [1.807, 2.05) is 31.2 Å². The first-order valence-corrected chi connectivity index (χ1v) is 7.28. The highest BCUT2D eigenvalue weighted by atomic mass is 16.5. The van der Waals surface area contributed by atoms with Crippen molar-refractivity contribution in [3.8, 4) is 0 Å². The van der Waals surface area contributed by atoms with Crippen LogP contribution in [-0.4, -0.2) is 28.7 Å². The molecule has 0 unspecified atom stereocenters. The van der Waals surface area contributed by atoms with Crippen LogP contribution in [0.5, 0.6) is 0 Å². The highest BCUT2D eigenvalue weighted by Crippen LogP contribution is 2.29. The molecule has 1 N–H and O–H groups in total. The number of aryl methyl sites for hydroxylation is 1. The summed E-state index contributed by atoms with van der Waals surface area (Å²) in [6, 6.07) is 8.07. The lowest BCUT2D eigenvalue weighted by molar-refractivity contribution is 0.0522. The molecule has 1 aromatic heterocycles. The van der Waals surface area contributed by atoms with Gasteiger partial charge in [0.05, 0.1) is 6.61 Å². The number of hydrogen-bond acceptors (Lipinski definition) is 5. The van der Waals surface area contributed by atoms with Crippen molar-refractivity contribution < 1.29 is 9.53 Å². The lowest BCUT2D eigenvalue weighted by Crippen LogP contribution is -2.27. The van der Waals surface area contributed by atoms with Gasteiger partial charge < -0.3 is 9.64 Å². The van der Waals surface area contributed by atoms with Gasteiger partial charge in [0.25, 0.3) is 0 Å². The van der Waals surface area contributed by atoms with Gasteiger partial charge >= 0.3 is 5.97 Å². The summed E-state index contributed by atoms with van der Waals surface area (Å²) in [5, 5.41) is 8.24. The summed E-state index contributed by atoms with van der Waals surface area (Å²) in [4.78, 5) is 18.3. The fraction of sp³-hybridized carbons (Fsp3) is 0.312. The molecule has 0 bridgehead atoms. The topological polar surface area (TPSA) is 71.2 Å². The van der Waals surface area contributed by atoms with Crippen LogP contribution in [0.2, 0.25) is 0 Å². The van der Waals surface area contributed by atoms with Gasteiger partial charge in [-0.2, -0.15) is 0 Å². The largest absolute Gasteiger partial charge is 0.462 e. The summed E-state index contributed by atoms with van der Waals surface area (Å²) in [5.74, 6) is 0.192. The van der Waals surface area contributed by atoms with E-state index >= 15 is 0 Å². The number of esters is 1. The zero-order valence-corrected chi connectivity index (χ0v) is 12.7. The second-order valence-corrected chi connectivity index (χ2v) is 5.13. The Kier molecular flexibility index (Phi) is 3.66. The van der Waals surface area contributed by atoms with Crippen molar-refractivity contribution in [3.63, 3.8) is 0 Å². The molecule has 2 aromatic rings. The average molecular weight is 298 g/mol. The molecule has 0 atom stereocenters. The quantitative estimate of drug-likeness (QED) is 0.880. The lowest BCUT2D eigenvalue weighted by Gasteiger charge is -2.19.